The summed E-state index contributed by atoms with van der Waals surface area (Å²) in [6.45, 7) is 0.311. The van der Waals surface area contributed by atoms with Crippen molar-refractivity contribution in [1.29, 1.82) is 0 Å². The average molecular weight is 441 g/mol. The number of aromatic nitrogens is 1. The van der Waals surface area contributed by atoms with Crippen LogP contribution in [0.1, 0.15) is 21.5 Å². The molecule has 0 aliphatic rings. The van der Waals surface area contributed by atoms with Crippen molar-refractivity contribution in [2.75, 3.05) is 21.3 Å². The van der Waals surface area contributed by atoms with Crippen LogP contribution in [0.4, 0.5) is 9.18 Å². The first-order valence-electron chi connectivity index (χ1n) is 9.38. The lowest BCUT2D eigenvalue weighted by Gasteiger charge is -2.15. The number of nitro groups is 1. The first-order valence-corrected chi connectivity index (χ1v) is 9.38. The Morgan fingerprint density at radius 3 is 2.47 bits per heavy atom. The minimum Gasteiger partial charge on any atom is -0.465 e. The molecule has 0 bridgehead atoms. The summed E-state index contributed by atoms with van der Waals surface area (Å²) in [5, 5.41) is 11.3. The van der Waals surface area contributed by atoms with E-state index in [1.54, 1.807) is 31.3 Å². The summed E-state index contributed by atoms with van der Waals surface area (Å²) < 4.78 is 23.6. The van der Waals surface area contributed by atoms with Gasteiger partial charge in [-0.25, -0.2) is 14.0 Å². The van der Waals surface area contributed by atoms with Crippen LogP contribution in [0.2, 0.25) is 0 Å². The van der Waals surface area contributed by atoms with Crippen LogP contribution >= 0.6 is 0 Å². The minimum absolute atomic E-state index is 0.0516. The van der Waals surface area contributed by atoms with Crippen LogP contribution in [0.3, 0.4) is 0 Å². The first-order chi connectivity index (χ1) is 15.2. The van der Waals surface area contributed by atoms with Crippen molar-refractivity contribution in [2.24, 2.45) is 0 Å². The van der Waals surface area contributed by atoms with Crippen molar-refractivity contribution in [2.45, 2.75) is 6.54 Å². The van der Waals surface area contributed by atoms with E-state index >= 15 is 0 Å². The third-order valence-corrected chi connectivity index (χ3v) is 4.82. The first kappa shape index (κ1) is 22.5. The maximum atomic E-state index is 14.1. The van der Waals surface area contributed by atoms with Crippen LogP contribution in [-0.4, -0.2) is 48.1 Å². The Morgan fingerprint density at radius 2 is 1.88 bits per heavy atom. The predicted molar refractivity (Wildman–Crippen MR) is 115 cm³/mol. The van der Waals surface area contributed by atoms with E-state index < -0.39 is 22.8 Å². The summed E-state index contributed by atoms with van der Waals surface area (Å²) in [6, 6.07) is 9.30. The van der Waals surface area contributed by atoms with Gasteiger partial charge in [0.1, 0.15) is 5.82 Å². The van der Waals surface area contributed by atoms with Crippen molar-refractivity contribution in [1.82, 2.24) is 9.88 Å². The van der Waals surface area contributed by atoms with Gasteiger partial charge >= 0.3 is 12.1 Å². The second kappa shape index (κ2) is 9.29. The van der Waals surface area contributed by atoms with Gasteiger partial charge in [0.05, 0.1) is 35.9 Å². The van der Waals surface area contributed by atoms with Crippen molar-refractivity contribution in [3.05, 3.63) is 75.2 Å². The van der Waals surface area contributed by atoms with Crippen LogP contribution in [0, 0.1) is 15.9 Å². The van der Waals surface area contributed by atoms with E-state index in [2.05, 4.69) is 9.72 Å². The van der Waals surface area contributed by atoms with Gasteiger partial charge in [0.15, 0.2) is 0 Å². The second-order valence-corrected chi connectivity index (χ2v) is 6.91. The monoisotopic (exact) mass is 441 g/mol. The van der Waals surface area contributed by atoms with Gasteiger partial charge in [-0.2, -0.15) is 0 Å². The topological polar surface area (TPSA) is 115 Å². The number of nitrogens with one attached hydrogen (secondary N) is 1. The van der Waals surface area contributed by atoms with Gasteiger partial charge in [0, 0.05) is 30.6 Å². The number of carbonyl (C=O) groups excluding carboxylic acids is 2. The maximum absolute atomic E-state index is 14.1. The average Bonchev–Trinajstić information content (AvgIpc) is 3.14. The van der Waals surface area contributed by atoms with Crippen LogP contribution < -0.4 is 0 Å². The minimum atomic E-state index is -0.767. The van der Waals surface area contributed by atoms with Gasteiger partial charge < -0.3 is 19.4 Å². The summed E-state index contributed by atoms with van der Waals surface area (Å²) in [5.41, 5.74) is 2.51. The molecule has 32 heavy (non-hydrogen) atoms. The quantitative estimate of drug-likeness (QED) is 0.348. The number of halogens is 1. The van der Waals surface area contributed by atoms with Crippen LogP contribution in [0.25, 0.3) is 28.2 Å². The fourth-order valence-electron chi connectivity index (χ4n) is 3.39. The van der Waals surface area contributed by atoms with Crippen LogP contribution in [0.5, 0.6) is 0 Å². The number of aromatic amines is 1. The van der Waals surface area contributed by atoms with Gasteiger partial charge in [-0.05, 0) is 23.3 Å². The number of carbonyl (C=O) groups is 2. The summed E-state index contributed by atoms with van der Waals surface area (Å²) >= 11 is 0. The third kappa shape index (κ3) is 4.59. The van der Waals surface area contributed by atoms with Crippen molar-refractivity contribution >= 4 is 29.0 Å². The molecule has 1 N–H and O–H groups in total. The van der Waals surface area contributed by atoms with Crippen molar-refractivity contribution in [3.63, 3.8) is 0 Å². The molecule has 0 saturated carbocycles. The Kier molecular flexibility index (Phi) is 6.53. The lowest BCUT2D eigenvalue weighted by molar-refractivity contribution is -0.400. The highest BCUT2D eigenvalue weighted by Crippen LogP contribution is 2.35. The smallest absolute Gasteiger partial charge is 0.409 e. The molecule has 0 saturated heterocycles. The number of amides is 1. The Morgan fingerprint density at radius 1 is 1.19 bits per heavy atom. The summed E-state index contributed by atoms with van der Waals surface area (Å²) in [7, 11) is 4.06. The maximum Gasteiger partial charge on any atom is 0.409 e. The molecule has 0 atom stereocenters. The highest BCUT2D eigenvalue weighted by atomic mass is 19.1. The molecule has 3 rings (SSSR count). The number of H-pyrrole nitrogens is 1. The fraction of sp³-hybridized carbons (Fsp3) is 0.182. The van der Waals surface area contributed by atoms with E-state index in [0.29, 0.717) is 28.8 Å². The second-order valence-electron chi connectivity index (χ2n) is 6.91. The summed E-state index contributed by atoms with van der Waals surface area (Å²) in [4.78, 5) is 38.6. The van der Waals surface area contributed by atoms with E-state index in [0.717, 1.165) is 17.8 Å². The molecule has 2 aromatic carbocycles. The molecule has 3 aromatic rings. The molecule has 0 radical (unpaired) electrons. The number of ether oxygens (including phenoxy) is 2. The van der Waals surface area contributed by atoms with E-state index in [1.165, 1.54) is 31.3 Å². The zero-order chi connectivity index (χ0) is 23.4. The van der Waals surface area contributed by atoms with Gasteiger partial charge in [-0.15, -0.1) is 0 Å². The molecule has 0 aliphatic heterocycles. The van der Waals surface area contributed by atoms with E-state index in [9.17, 15) is 24.1 Å². The molecular formula is C22H20FN3O6. The SMILES string of the molecule is COC(=O)c1cc(F)cc2[nH]c(-c3ccc(CN(C)C(=O)OC)cc3)c(/C=C/[N+](=O)[O-])c12. The van der Waals surface area contributed by atoms with Gasteiger partial charge in [0.25, 0.3) is 0 Å². The highest BCUT2D eigenvalue weighted by molar-refractivity contribution is 6.09. The van der Waals surface area contributed by atoms with Gasteiger partial charge in [-0.3, -0.25) is 10.1 Å². The number of hydrogen-bond donors (Lipinski definition) is 1. The molecule has 9 nitrogen and oxygen atoms in total. The molecule has 0 fully saturated rings. The standard InChI is InChI=1S/C22H20FN3O6/c1-25(22(28)32-3)12-13-4-6-14(7-5-13)20-16(8-9-26(29)30)19-17(21(27)31-2)10-15(23)11-18(19)24-20/h4-11,24H,12H2,1-3H3/b9-8+. The zero-order valence-electron chi connectivity index (χ0n) is 17.5. The Balaban J connectivity index is 2.13. The molecule has 1 aromatic heterocycles. The Bertz CT molecular complexity index is 1220. The molecule has 166 valence electrons. The molecule has 10 heteroatoms. The molecule has 0 spiro atoms. The number of benzene rings is 2. The molecule has 1 heterocycles. The Hall–Kier alpha value is -4.21. The zero-order valence-corrected chi connectivity index (χ0v) is 17.5. The number of rotatable bonds is 6. The number of nitrogens with zero attached hydrogens (tertiary/aromatic N) is 2. The van der Waals surface area contributed by atoms with Gasteiger partial charge in [-0.1, -0.05) is 24.3 Å². The van der Waals surface area contributed by atoms with E-state index in [-0.39, 0.29) is 11.1 Å². The molecule has 0 unspecified atom stereocenters. The highest BCUT2D eigenvalue weighted by Gasteiger charge is 2.21. The number of esters is 1. The summed E-state index contributed by atoms with van der Waals surface area (Å²) in [5.74, 6) is -1.42. The van der Waals surface area contributed by atoms with Crippen molar-refractivity contribution in [3.8, 4) is 11.3 Å². The van der Waals surface area contributed by atoms with Crippen molar-refractivity contribution < 1.29 is 28.4 Å². The lowest BCUT2D eigenvalue weighted by Crippen LogP contribution is -2.25. The lowest BCUT2D eigenvalue weighted by atomic mass is 10.0. The summed E-state index contributed by atoms with van der Waals surface area (Å²) in [6.07, 6.45) is 1.52. The normalized spacial score (nSPS) is 11.0. The largest absolute Gasteiger partial charge is 0.465 e. The van der Waals surface area contributed by atoms with E-state index in [4.69, 9.17) is 4.74 Å². The number of methoxy groups -OCH3 is 2. The molecule has 0 aliphatic carbocycles. The fourth-order valence-corrected chi connectivity index (χ4v) is 3.39. The van der Waals surface area contributed by atoms with Crippen LogP contribution in [-0.2, 0) is 16.0 Å². The predicted octanol–water partition coefficient (Wildman–Crippen LogP) is 4.21. The van der Waals surface area contributed by atoms with Crippen LogP contribution in [0.15, 0.2) is 42.6 Å². The van der Waals surface area contributed by atoms with E-state index in [1.807, 2.05) is 0 Å². The number of hydrogen-bond acceptors (Lipinski definition) is 6. The molecule has 1 amide bonds. The molecular weight excluding hydrogens is 421 g/mol. The number of fused-ring (bicyclic) bond motifs is 1. The van der Waals surface area contributed by atoms with Gasteiger partial charge in [0.2, 0.25) is 6.20 Å². The Labute approximate surface area is 182 Å². The third-order valence-electron chi connectivity index (χ3n) is 4.82.